The summed E-state index contributed by atoms with van der Waals surface area (Å²) < 4.78 is 0. The highest BCUT2D eigenvalue weighted by atomic mass is 35.5. The number of carbonyl (C=O) groups excluding carboxylic acids is 3. The highest BCUT2D eigenvalue weighted by molar-refractivity contribution is 6.30. The molecule has 3 amide bonds. The summed E-state index contributed by atoms with van der Waals surface area (Å²) in [5, 5.41) is 3.26. The standard InChI is InChI=1S/C20H20ClN3O3/c1-14(25)22-18-8-4-16(5-9-18)20(27)24-12-10-23(11-13-24)19(26)15-2-6-17(21)7-3-15/h2-9H,10-13H2,1H3,(H,22,25). The lowest BCUT2D eigenvalue weighted by atomic mass is 10.1. The average molecular weight is 386 g/mol. The quantitative estimate of drug-likeness (QED) is 0.883. The number of benzene rings is 2. The smallest absolute Gasteiger partial charge is 0.253 e. The predicted molar refractivity (Wildman–Crippen MR) is 104 cm³/mol. The Labute approximate surface area is 162 Å². The fourth-order valence-electron chi connectivity index (χ4n) is 2.97. The van der Waals surface area contributed by atoms with Crippen molar-refractivity contribution < 1.29 is 14.4 Å². The van der Waals surface area contributed by atoms with Gasteiger partial charge in [0.05, 0.1) is 0 Å². The number of hydrogen-bond donors (Lipinski definition) is 1. The van der Waals surface area contributed by atoms with Crippen molar-refractivity contribution in [3.8, 4) is 0 Å². The van der Waals surface area contributed by atoms with Crippen molar-refractivity contribution >= 4 is 35.0 Å². The summed E-state index contributed by atoms with van der Waals surface area (Å²) in [6, 6.07) is 13.6. The third kappa shape index (κ3) is 4.65. The number of nitrogens with zero attached hydrogens (tertiary/aromatic N) is 2. The molecule has 27 heavy (non-hydrogen) atoms. The maximum atomic E-state index is 12.6. The van der Waals surface area contributed by atoms with E-state index in [9.17, 15) is 14.4 Å². The van der Waals surface area contributed by atoms with Crippen molar-refractivity contribution in [2.75, 3.05) is 31.5 Å². The van der Waals surface area contributed by atoms with Gasteiger partial charge in [-0.05, 0) is 48.5 Å². The van der Waals surface area contributed by atoms with Crippen molar-refractivity contribution in [3.05, 3.63) is 64.7 Å². The van der Waals surface area contributed by atoms with Crippen LogP contribution in [0, 0.1) is 0 Å². The van der Waals surface area contributed by atoms with E-state index in [4.69, 9.17) is 11.6 Å². The number of rotatable bonds is 3. The Kier molecular flexibility index (Phi) is 5.76. The Morgan fingerprint density at radius 3 is 1.59 bits per heavy atom. The first-order valence-corrected chi connectivity index (χ1v) is 9.03. The second-order valence-corrected chi connectivity index (χ2v) is 6.79. The van der Waals surface area contributed by atoms with Crippen LogP contribution in [0.4, 0.5) is 5.69 Å². The zero-order valence-electron chi connectivity index (χ0n) is 14.9. The van der Waals surface area contributed by atoms with Gasteiger partial charge in [0.2, 0.25) is 5.91 Å². The Bertz CT molecular complexity index is 842. The molecule has 3 rings (SSSR count). The van der Waals surface area contributed by atoms with E-state index in [2.05, 4.69) is 5.32 Å². The van der Waals surface area contributed by atoms with Crippen molar-refractivity contribution in [3.63, 3.8) is 0 Å². The van der Waals surface area contributed by atoms with Crippen LogP contribution in [-0.4, -0.2) is 53.7 Å². The molecule has 0 aliphatic carbocycles. The lowest BCUT2D eigenvalue weighted by Gasteiger charge is -2.35. The summed E-state index contributed by atoms with van der Waals surface area (Å²) >= 11 is 5.86. The third-order valence-electron chi connectivity index (χ3n) is 4.40. The SMILES string of the molecule is CC(=O)Nc1ccc(C(=O)N2CCN(C(=O)c3ccc(Cl)cc3)CC2)cc1. The van der Waals surface area contributed by atoms with Gasteiger partial charge >= 0.3 is 0 Å². The first kappa shape index (κ1) is 18.9. The third-order valence-corrected chi connectivity index (χ3v) is 4.65. The van der Waals surface area contributed by atoms with Gasteiger partial charge in [-0.2, -0.15) is 0 Å². The molecule has 1 aliphatic rings. The largest absolute Gasteiger partial charge is 0.335 e. The number of amides is 3. The Morgan fingerprint density at radius 2 is 1.19 bits per heavy atom. The molecule has 7 heteroatoms. The molecule has 0 saturated carbocycles. The fourth-order valence-corrected chi connectivity index (χ4v) is 3.10. The molecule has 0 aromatic heterocycles. The van der Waals surface area contributed by atoms with Gasteiger partial charge in [0.15, 0.2) is 0 Å². The van der Waals surface area contributed by atoms with E-state index in [0.717, 1.165) is 0 Å². The van der Waals surface area contributed by atoms with E-state index in [1.807, 2.05) is 0 Å². The fraction of sp³-hybridized carbons (Fsp3) is 0.250. The van der Waals surface area contributed by atoms with Crippen LogP contribution in [0.25, 0.3) is 0 Å². The molecule has 1 fully saturated rings. The number of hydrogen-bond acceptors (Lipinski definition) is 3. The van der Waals surface area contributed by atoms with Crippen molar-refractivity contribution in [2.45, 2.75) is 6.92 Å². The zero-order valence-corrected chi connectivity index (χ0v) is 15.7. The minimum atomic E-state index is -0.157. The number of piperazine rings is 1. The molecule has 0 atom stereocenters. The van der Waals surface area contributed by atoms with Crippen LogP contribution >= 0.6 is 11.6 Å². The lowest BCUT2D eigenvalue weighted by molar-refractivity contribution is -0.114. The normalized spacial score (nSPS) is 14.0. The average Bonchev–Trinajstić information content (AvgIpc) is 2.68. The van der Waals surface area contributed by atoms with Crippen LogP contribution in [0.3, 0.4) is 0 Å². The monoisotopic (exact) mass is 385 g/mol. The Hall–Kier alpha value is -2.86. The van der Waals surface area contributed by atoms with Crippen LogP contribution in [0.5, 0.6) is 0 Å². The van der Waals surface area contributed by atoms with Gasteiger partial charge in [0.25, 0.3) is 11.8 Å². The van der Waals surface area contributed by atoms with Gasteiger partial charge in [0.1, 0.15) is 0 Å². The van der Waals surface area contributed by atoms with E-state index in [-0.39, 0.29) is 17.7 Å². The van der Waals surface area contributed by atoms with Crippen molar-refractivity contribution in [2.24, 2.45) is 0 Å². The first-order chi connectivity index (χ1) is 12.9. The molecule has 6 nitrogen and oxygen atoms in total. The van der Waals surface area contributed by atoms with Crippen LogP contribution in [0.1, 0.15) is 27.6 Å². The molecule has 0 bridgehead atoms. The summed E-state index contributed by atoms with van der Waals surface area (Å²) in [7, 11) is 0. The van der Waals surface area contributed by atoms with E-state index >= 15 is 0 Å². The highest BCUT2D eigenvalue weighted by Gasteiger charge is 2.25. The molecule has 2 aromatic carbocycles. The lowest BCUT2D eigenvalue weighted by Crippen LogP contribution is -2.50. The maximum Gasteiger partial charge on any atom is 0.253 e. The minimum Gasteiger partial charge on any atom is -0.335 e. The minimum absolute atomic E-state index is 0.0570. The van der Waals surface area contributed by atoms with E-state index < -0.39 is 0 Å². The summed E-state index contributed by atoms with van der Waals surface area (Å²) in [6.07, 6.45) is 0. The molecule has 140 valence electrons. The van der Waals surface area contributed by atoms with Gasteiger partial charge in [0, 0.05) is 54.9 Å². The van der Waals surface area contributed by atoms with Gasteiger partial charge in [-0.25, -0.2) is 0 Å². The predicted octanol–water partition coefficient (Wildman–Crippen LogP) is 2.90. The van der Waals surface area contributed by atoms with Crippen LogP contribution in [0.2, 0.25) is 5.02 Å². The topological polar surface area (TPSA) is 69.7 Å². The zero-order chi connectivity index (χ0) is 19.4. The molecule has 1 aliphatic heterocycles. The van der Waals surface area contributed by atoms with E-state index in [1.165, 1.54) is 6.92 Å². The molecule has 1 heterocycles. The maximum absolute atomic E-state index is 12.6. The second-order valence-electron chi connectivity index (χ2n) is 6.35. The summed E-state index contributed by atoms with van der Waals surface area (Å²) in [6.45, 7) is 3.36. The van der Waals surface area contributed by atoms with Gasteiger partial charge in [-0.3, -0.25) is 14.4 Å². The second kappa shape index (κ2) is 8.22. The van der Waals surface area contributed by atoms with Crippen molar-refractivity contribution in [1.29, 1.82) is 0 Å². The summed E-state index contributed by atoms with van der Waals surface area (Å²) in [5.74, 6) is -0.294. The van der Waals surface area contributed by atoms with E-state index in [1.54, 1.807) is 58.3 Å². The van der Waals surface area contributed by atoms with Crippen LogP contribution in [0.15, 0.2) is 48.5 Å². The molecule has 0 spiro atoms. The summed E-state index contributed by atoms with van der Waals surface area (Å²) in [4.78, 5) is 39.7. The van der Waals surface area contributed by atoms with Crippen LogP contribution in [-0.2, 0) is 4.79 Å². The molecule has 2 aromatic rings. The highest BCUT2D eigenvalue weighted by Crippen LogP contribution is 2.16. The molecule has 1 saturated heterocycles. The number of carbonyl (C=O) groups is 3. The Balaban J connectivity index is 1.58. The first-order valence-electron chi connectivity index (χ1n) is 8.66. The van der Waals surface area contributed by atoms with Gasteiger partial charge < -0.3 is 15.1 Å². The molecule has 0 radical (unpaired) electrons. The Morgan fingerprint density at radius 1 is 0.778 bits per heavy atom. The number of anilines is 1. The van der Waals surface area contributed by atoms with Crippen molar-refractivity contribution in [1.82, 2.24) is 9.80 Å². The molecule has 0 unspecified atom stereocenters. The number of halogens is 1. The van der Waals surface area contributed by atoms with Crippen LogP contribution < -0.4 is 5.32 Å². The molecule has 1 N–H and O–H groups in total. The van der Waals surface area contributed by atoms with Gasteiger partial charge in [-0.1, -0.05) is 11.6 Å². The van der Waals surface area contributed by atoms with E-state index in [0.29, 0.717) is 48.0 Å². The molecular weight excluding hydrogens is 366 g/mol. The van der Waals surface area contributed by atoms with Gasteiger partial charge in [-0.15, -0.1) is 0 Å². The molecular formula is C20H20ClN3O3. The summed E-state index contributed by atoms with van der Waals surface area (Å²) in [5.41, 5.74) is 1.80. The number of nitrogens with one attached hydrogen (secondary N) is 1.